The van der Waals surface area contributed by atoms with E-state index in [-0.39, 0.29) is 35.9 Å². The standard InChI is InChI=1S/C20H28O6/c1-9(2)6-15(22)24-13-7-11-10(3)18(23)25-16(11)17-19(13,4)12(21)8-14-20(17,5)26-14/h9,11-14,16-17,21H,3,6-8H2,1-2,4-5H3/t11?,12-,13+,14+,16-,17+,19?,20+/m0/s1. The summed E-state index contributed by atoms with van der Waals surface area (Å²) >= 11 is 0. The highest BCUT2D eigenvalue weighted by molar-refractivity contribution is 5.91. The maximum atomic E-state index is 12.4. The highest BCUT2D eigenvalue weighted by Gasteiger charge is 2.76. The Bertz CT molecular complexity index is 671. The number of esters is 2. The first kappa shape index (κ1) is 18.0. The fourth-order valence-corrected chi connectivity index (χ4v) is 5.61. The Balaban J connectivity index is 1.71. The predicted molar refractivity (Wildman–Crippen MR) is 92.0 cm³/mol. The molecule has 0 aromatic rings. The van der Waals surface area contributed by atoms with Crippen molar-refractivity contribution in [1.29, 1.82) is 0 Å². The van der Waals surface area contributed by atoms with Crippen molar-refractivity contribution in [3.05, 3.63) is 12.2 Å². The smallest absolute Gasteiger partial charge is 0.334 e. The summed E-state index contributed by atoms with van der Waals surface area (Å²) in [5.41, 5.74) is -0.756. The number of epoxide rings is 1. The lowest BCUT2D eigenvalue weighted by Gasteiger charge is -2.55. The molecule has 0 spiro atoms. The van der Waals surface area contributed by atoms with Crippen LogP contribution in [0.4, 0.5) is 0 Å². The van der Waals surface area contributed by atoms with Crippen molar-refractivity contribution in [2.24, 2.45) is 23.2 Å². The van der Waals surface area contributed by atoms with Crippen molar-refractivity contribution in [3.63, 3.8) is 0 Å². The third kappa shape index (κ3) is 2.31. The number of fused-ring (bicyclic) bond motifs is 5. The summed E-state index contributed by atoms with van der Waals surface area (Å²) < 4.78 is 17.5. The first-order valence-corrected chi connectivity index (χ1v) is 9.54. The van der Waals surface area contributed by atoms with Gasteiger partial charge in [0.05, 0.1) is 17.8 Å². The Morgan fingerprint density at radius 1 is 1.38 bits per heavy atom. The molecule has 144 valence electrons. The summed E-state index contributed by atoms with van der Waals surface area (Å²) in [4.78, 5) is 24.6. The zero-order valence-electron chi connectivity index (χ0n) is 15.9. The molecule has 0 amide bonds. The molecule has 8 atom stereocenters. The van der Waals surface area contributed by atoms with Gasteiger partial charge < -0.3 is 19.3 Å². The first-order chi connectivity index (χ1) is 12.1. The number of ether oxygens (including phenoxy) is 3. The average Bonchev–Trinajstić information content (AvgIpc) is 3.10. The number of aliphatic hydroxyl groups is 1. The summed E-state index contributed by atoms with van der Waals surface area (Å²) in [5, 5.41) is 11.0. The molecule has 2 aliphatic heterocycles. The molecule has 0 radical (unpaired) electrons. The lowest BCUT2D eigenvalue weighted by Crippen LogP contribution is -2.65. The van der Waals surface area contributed by atoms with Crippen molar-refractivity contribution < 1.29 is 28.9 Å². The van der Waals surface area contributed by atoms with Gasteiger partial charge in [0.2, 0.25) is 0 Å². The molecule has 4 rings (SSSR count). The number of aliphatic hydroxyl groups excluding tert-OH is 1. The molecule has 0 bridgehead atoms. The van der Waals surface area contributed by atoms with Crippen LogP contribution in [0.15, 0.2) is 12.2 Å². The van der Waals surface area contributed by atoms with E-state index in [2.05, 4.69) is 6.58 Å². The van der Waals surface area contributed by atoms with Gasteiger partial charge in [0, 0.05) is 35.7 Å². The van der Waals surface area contributed by atoms with Gasteiger partial charge in [-0.25, -0.2) is 4.79 Å². The van der Waals surface area contributed by atoms with E-state index < -0.39 is 29.2 Å². The summed E-state index contributed by atoms with van der Waals surface area (Å²) in [6.45, 7) is 11.8. The third-order valence-electron chi connectivity index (χ3n) is 7.11. The molecule has 2 heterocycles. The molecular formula is C20H28O6. The van der Waals surface area contributed by atoms with E-state index in [0.717, 1.165) is 0 Å². The van der Waals surface area contributed by atoms with Crippen LogP contribution < -0.4 is 0 Å². The third-order valence-corrected chi connectivity index (χ3v) is 7.11. The van der Waals surface area contributed by atoms with E-state index in [1.54, 1.807) is 0 Å². The first-order valence-electron chi connectivity index (χ1n) is 9.54. The molecule has 6 nitrogen and oxygen atoms in total. The van der Waals surface area contributed by atoms with Crippen LogP contribution in [-0.2, 0) is 23.8 Å². The minimum absolute atomic E-state index is 0.0473. The van der Waals surface area contributed by atoms with Gasteiger partial charge in [-0.05, 0) is 19.3 Å². The van der Waals surface area contributed by atoms with Gasteiger partial charge in [0.15, 0.2) is 0 Å². The minimum Gasteiger partial charge on any atom is -0.462 e. The quantitative estimate of drug-likeness (QED) is 0.468. The lowest BCUT2D eigenvalue weighted by molar-refractivity contribution is -0.211. The van der Waals surface area contributed by atoms with Gasteiger partial charge in [-0.15, -0.1) is 0 Å². The molecular weight excluding hydrogens is 336 g/mol. The van der Waals surface area contributed by atoms with E-state index in [9.17, 15) is 14.7 Å². The monoisotopic (exact) mass is 364 g/mol. The van der Waals surface area contributed by atoms with Gasteiger partial charge in [0.25, 0.3) is 0 Å². The molecule has 2 saturated heterocycles. The van der Waals surface area contributed by atoms with E-state index >= 15 is 0 Å². The Morgan fingerprint density at radius 3 is 2.73 bits per heavy atom. The van der Waals surface area contributed by atoms with Crippen LogP contribution in [0.2, 0.25) is 0 Å². The van der Waals surface area contributed by atoms with Crippen molar-refractivity contribution in [3.8, 4) is 0 Å². The topological polar surface area (TPSA) is 85.4 Å². The molecule has 4 aliphatic rings. The van der Waals surface area contributed by atoms with Crippen LogP contribution in [0.3, 0.4) is 0 Å². The summed E-state index contributed by atoms with van der Waals surface area (Å²) in [6, 6.07) is 0. The van der Waals surface area contributed by atoms with Crippen molar-refractivity contribution in [2.75, 3.05) is 0 Å². The minimum atomic E-state index is -0.722. The zero-order valence-corrected chi connectivity index (χ0v) is 15.9. The molecule has 6 heteroatoms. The molecule has 0 aromatic carbocycles. The number of rotatable bonds is 3. The Hall–Kier alpha value is -1.40. The van der Waals surface area contributed by atoms with Gasteiger partial charge in [-0.1, -0.05) is 27.4 Å². The fourth-order valence-electron chi connectivity index (χ4n) is 5.61. The van der Waals surface area contributed by atoms with Crippen molar-refractivity contribution in [1.82, 2.24) is 0 Å². The zero-order chi connectivity index (χ0) is 19.0. The summed E-state index contributed by atoms with van der Waals surface area (Å²) in [5.74, 6) is -0.904. The van der Waals surface area contributed by atoms with Crippen LogP contribution in [0.5, 0.6) is 0 Å². The molecule has 26 heavy (non-hydrogen) atoms. The normalized spacial score (nSPS) is 49.2. The summed E-state index contributed by atoms with van der Waals surface area (Å²) in [7, 11) is 0. The molecule has 4 fully saturated rings. The van der Waals surface area contributed by atoms with Crippen LogP contribution in [-0.4, -0.2) is 47.1 Å². The van der Waals surface area contributed by atoms with E-state index in [0.29, 0.717) is 24.8 Å². The van der Waals surface area contributed by atoms with E-state index in [1.807, 2.05) is 27.7 Å². The molecule has 2 saturated carbocycles. The molecule has 2 unspecified atom stereocenters. The van der Waals surface area contributed by atoms with Gasteiger partial charge >= 0.3 is 11.9 Å². The highest BCUT2D eigenvalue weighted by atomic mass is 16.6. The maximum absolute atomic E-state index is 12.4. The summed E-state index contributed by atoms with van der Waals surface area (Å²) in [6.07, 6.45) is -0.327. The van der Waals surface area contributed by atoms with Gasteiger partial charge in [-0.2, -0.15) is 0 Å². The maximum Gasteiger partial charge on any atom is 0.334 e. The molecule has 1 N–H and O–H groups in total. The number of hydrogen-bond donors (Lipinski definition) is 1. The number of carbonyl (C=O) groups is 2. The van der Waals surface area contributed by atoms with Gasteiger partial charge in [0.1, 0.15) is 12.2 Å². The Kier molecular flexibility index (Phi) is 3.84. The van der Waals surface area contributed by atoms with Crippen LogP contribution >= 0.6 is 0 Å². The lowest BCUT2D eigenvalue weighted by atomic mass is 9.51. The highest BCUT2D eigenvalue weighted by Crippen LogP contribution is 2.66. The number of hydrogen-bond acceptors (Lipinski definition) is 6. The number of carbonyl (C=O) groups excluding carboxylic acids is 2. The van der Waals surface area contributed by atoms with Crippen LogP contribution in [0.25, 0.3) is 0 Å². The second-order valence-corrected chi connectivity index (χ2v) is 9.20. The second-order valence-electron chi connectivity index (χ2n) is 9.20. The Morgan fingerprint density at radius 2 is 2.08 bits per heavy atom. The van der Waals surface area contributed by atoms with Crippen LogP contribution in [0, 0.1) is 23.2 Å². The van der Waals surface area contributed by atoms with E-state index in [4.69, 9.17) is 14.2 Å². The fraction of sp³-hybridized carbons (Fsp3) is 0.800. The largest absolute Gasteiger partial charge is 0.462 e. The average molecular weight is 364 g/mol. The van der Waals surface area contributed by atoms with Crippen molar-refractivity contribution >= 4 is 11.9 Å². The van der Waals surface area contributed by atoms with Crippen LogP contribution in [0.1, 0.15) is 47.0 Å². The molecule has 2 aliphatic carbocycles. The predicted octanol–water partition coefficient (Wildman–Crippen LogP) is 1.99. The van der Waals surface area contributed by atoms with E-state index in [1.165, 1.54) is 0 Å². The molecule has 0 aromatic heterocycles. The second kappa shape index (κ2) is 5.55. The Labute approximate surface area is 153 Å². The van der Waals surface area contributed by atoms with Crippen molar-refractivity contribution in [2.45, 2.75) is 77.0 Å². The SMILES string of the molecule is C=C1C(=O)O[C@H]2C1C[C@@H](OC(=O)CC(C)C)C1(C)[C@@H]2[C@]2(C)O[C@@H]2C[C@@H]1O. The van der Waals surface area contributed by atoms with Gasteiger partial charge in [-0.3, -0.25) is 4.79 Å².